The van der Waals surface area contributed by atoms with Crippen LogP contribution >= 0.6 is 0 Å². The van der Waals surface area contributed by atoms with Crippen molar-refractivity contribution >= 4 is 77.1 Å². The van der Waals surface area contributed by atoms with Crippen molar-refractivity contribution in [2.24, 2.45) is 5.92 Å². The Morgan fingerprint density at radius 3 is 1.62 bits per heavy atom. The molecule has 0 fully saturated rings. The summed E-state index contributed by atoms with van der Waals surface area (Å²) >= 11 is 0. The van der Waals surface area contributed by atoms with E-state index < -0.39 is 0 Å². The molecule has 0 N–H and O–H groups in total. The first-order chi connectivity index (χ1) is 31.1. The summed E-state index contributed by atoms with van der Waals surface area (Å²) in [6.45, 7) is 2.33. The number of hydrogen-bond donors (Lipinski definition) is 0. The van der Waals surface area contributed by atoms with Crippen molar-refractivity contribution in [1.29, 1.82) is 0 Å². The summed E-state index contributed by atoms with van der Waals surface area (Å²) in [5.74, 6) is 1.61. The molecular formula is C57H38N6. The van der Waals surface area contributed by atoms with Crippen LogP contribution in [0.5, 0.6) is 0 Å². The second-order valence-electron chi connectivity index (χ2n) is 16.7. The van der Waals surface area contributed by atoms with Crippen LogP contribution in [0.2, 0.25) is 0 Å². The lowest BCUT2D eigenvalue weighted by Crippen LogP contribution is -2.20. The Balaban J connectivity index is 1.08. The van der Waals surface area contributed by atoms with Crippen LogP contribution in [0.1, 0.15) is 30.1 Å². The molecule has 2 atom stereocenters. The van der Waals surface area contributed by atoms with Crippen molar-refractivity contribution in [1.82, 2.24) is 28.7 Å². The summed E-state index contributed by atoms with van der Waals surface area (Å²) in [7, 11) is 0. The Morgan fingerprint density at radius 2 is 0.952 bits per heavy atom. The molecule has 63 heavy (non-hydrogen) atoms. The maximum Gasteiger partial charge on any atom is 0.149 e. The van der Waals surface area contributed by atoms with Crippen LogP contribution in [0.15, 0.2) is 200 Å². The van der Waals surface area contributed by atoms with E-state index in [9.17, 15) is 0 Å². The average molecular weight is 807 g/mol. The summed E-state index contributed by atoms with van der Waals surface area (Å²) in [5, 5.41) is 4.44. The first-order valence-electron chi connectivity index (χ1n) is 21.6. The van der Waals surface area contributed by atoms with Crippen molar-refractivity contribution in [3.05, 3.63) is 217 Å². The summed E-state index contributed by atoms with van der Waals surface area (Å²) < 4.78 is 4.60. The van der Waals surface area contributed by atoms with Gasteiger partial charge in [0.15, 0.2) is 0 Å². The van der Waals surface area contributed by atoms with E-state index in [0.717, 1.165) is 106 Å². The van der Waals surface area contributed by atoms with Crippen LogP contribution in [0.3, 0.4) is 0 Å². The topological polar surface area (TPSA) is 60.4 Å². The van der Waals surface area contributed by atoms with Crippen molar-refractivity contribution < 1.29 is 0 Å². The van der Waals surface area contributed by atoms with E-state index in [1.54, 1.807) is 0 Å². The standard InChI is InChI=1S/C57H38N6/c1-35-44(54-58-48-28-26-41(36-14-4-2-5-15-36)31-46(48)56-60-50-20-10-12-22-52(50)62(54)56)33-43(40-25-24-38-18-8-9-19-39(38)30-40)34-45(35)55-59-49-29-27-42(37-16-6-3-7-17-37)32-47(49)57-61-51-21-11-13-23-53(51)63(55)57/h2-35,44H,1H3. The van der Waals surface area contributed by atoms with Gasteiger partial charge in [-0.15, -0.1) is 0 Å². The van der Waals surface area contributed by atoms with Gasteiger partial charge in [-0.25, -0.2) is 19.9 Å². The highest BCUT2D eigenvalue weighted by Crippen LogP contribution is 2.45. The molecule has 0 saturated carbocycles. The van der Waals surface area contributed by atoms with Crippen LogP contribution < -0.4 is 0 Å². The van der Waals surface area contributed by atoms with E-state index in [2.05, 4.69) is 216 Å². The quantitative estimate of drug-likeness (QED) is 0.174. The minimum absolute atomic E-state index is 0.0509. The molecule has 1 aliphatic carbocycles. The molecule has 0 saturated heterocycles. The van der Waals surface area contributed by atoms with Crippen molar-refractivity contribution in [3.8, 4) is 22.3 Å². The maximum absolute atomic E-state index is 5.64. The molecular weight excluding hydrogens is 769 g/mol. The van der Waals surface area contributed by atoms with Gasteiger partial charge in [0, 0.05) is 16.7 Å². The number of imidazole rings is 2. The second kappa shape index (κ2) is 13.9. The second-order valence-corrected chi connectivity index (χ2v) is 16.7. The number of nitrogens with zero attached hydrogens (tertiary/aromatic N) is 6. The third-order valence-corrected chi connectivity index (χ3v) is 13.1. The minimum atomic E-state index is -0.160. The van der Waals surface area contributed by atoms with Gasteiger partial charge in [0.05, 0.1) is 33.1 Å². The molecule has 13 rings (SSSR count). The number of allylic oxidation sites excluding steroid dienone is 4. The molecule has 6 nitrogen and oxygen atoms in total. The molecule has 4 heterocycles. The zero-order chi connectivity index (χ0) is 41.6. The van der Waals surface area contributed by atoms with Gasteiger partial charge in [-0.2, -0.15) is 0 Å². The van der Waals surface area contributed by atoms with Crippen molar-refractivity contribution in [2.75, 3.05) is 0 Å². The molecule has 0 spiro atoms. The Hall–Kier alpha value is -8.22. The van der Waals surface area contributed by atoms with Crippen LogP contribution in [-0.2, 0) is 0 Å². The van der Waals surface area contributed by atoms with Crippen molar-refractivity contribution in [3.63, 3.8) is 0 Å². The molecule has 1 aliphatic rings. The van der Waals surface area contributed by atoms with Crippen LogP contribution in [-0.4, -0.2) is 28.7 Å². The molecule has 8 aromatic carbocycles. The highest BCUT2D eigenvalue weighted by Gasteiger charge is 2.33. The van der Waals surface area contributed by atoms with Crippen LogP contribution in [0.4, 0.5) is 0 Å². The number of para-hydroxylation sites is 4. The number of rotatable bonds is 5. The highest BCUT2D eigenvalue weighted by atomic mass is 15.1. The van der Waals surface area contributed by atoms with Crippen molar-refractivity contribution in [2.45, 2.75) is 12.8 Å². The largest absolute Gasteiger partial charge is 0.279 e. The highest BCUT2D eigenvalue weighted by molar-refractivity contribution is 6.02. The number of fused-ring (bicyclic) bond motifs is 11. The number of benzene rings is 8. The minimum Gasteiger partial charge on any atom is -0.279 e. The fourth-order valence-electron chi connectivity index (χ4n) is 9.85. The Kier molecular flexibility index (Phi) is 7.84. The summed E-state index contributed by atoms with van der Waals surface area (Å²) in [5.41, 5.74) is 15.5. The molecule has 296 valence electrons. The summed E-state index contributed by atoms with van der Waals surface area (Å²) in [6, 6.07) is 66.5. The first-order valence-corrected chi connectivity index (χ1v) is 21.6. The predicted octanol–water partition coefficient (Wildman–Crippen LogP) is 13.8. The third kappa shape index (κ3) is 5.65. The maximum atomic E-state index is 5.64. The first kappa shape index (κ1) is 35.5. The van der Waals surface area contributed by atoms with Gasteiger partial charge in [0.1, 0.15) is 22.9 Å². The zero-order valence-corrected chi connectivity index (χ0v) is 34.4. The predicted molar refractivity (Wildman–Crippen MR) is 259 cm³/mol. The van der Waals surface area contributed by atoms with E-state index in [1.807, 2.05) is 0 Å². The lowest BCUT2D eigenvalue weighted by Gasteiger charge is -2.30. The average Bonchev–Trinajstić information content (AvgIpc) is 3.94. The van der Waals surface area contributed by atoms with Gasteiger partial charge in [-0.1, -0.05) is 146 Å². The normalized spacial score (nSPS) is 15.6. The van der Waals surface area contributed by atoms with Crippen LogP contribution in [0, 0.1) is 5.92 Å². The van der Waals surface area contributed by atoms with E-state index >= 15 is 0 Å². The zero-order valence-electron chi connectivity index (χ0n) is 34.4. The molecule has 12 aromatic rings. The molecule has 0 radical (unpaired) electrons. The lowest BCUT2D eigenvalue weighted by molar-refractivity contribution is 0.612. The van der Waals surface area contributed by atoms with Gasteiger partial charge in [-0.3, -0.25) is 8.80 Å². The van der Waals surface area contributed by atoms with Gasteiger partial charge in [-0.05, 0) is 116 Å². The van der Waals surface area contributed by atoms with E-state index in [1.165, 1.54) is 10.8 Å². The van der Waals surface area contributed by atoms with Gasteiger partial charge in [0.2, 0.25) is 0 Å². The van der Waals surface area contributed by atoms with Gasteiger partial charge >= 0.3 is 0 Å². The summed E-state index contributed by atoms with van der Waals surface area (Å²) in [6.07, 6.45) is 4.79. The van der Waals surface area contributed by atoms with E-state index in [0.29, 0.717) is 0 Å². The third-order valence-electron chi connectivity index (χ3n) is 13.1. The Morgan fingerprint density at radius 1 is 0.413 bits per heavy atom. The SMILES string of the molecule is CC1C(c2nc3ccc(-c4ccccc4)cc3c3nc4ccccc4n23)=CC(c2ccc3ccccc3c2)=CC1c1nc2ccc(-c3ccccc3)cc2c2nc3ccccc3n12. The molecule has 2 unspecified atom stereocenters. The fraction of sp³-hybridized carbons (Fsp3) is 0.0526. The fourth-order valence-corrected chi connectivity index (χ4v) is 9.85. The molecule has 0 amide bonds. The monoisotopic (exact) mass is 806 g/mol. The lowest BCUT2D eigenvalue weighted by atomic mass is 9.78. The molecule has 0 aliphatic heterocycles. The number of aromatic nitrogens is 6. The van der Waals surface area contributed by atoms with E-state index in [-0.39, 0.29) is 11.8 Å². The molecule has 0 bridgehead atoms. The van der Waals surface area contributed by atoms with Gasteiger partial charge < -0.3 is 0 Å². The van der Waals surface area contributed by atoms with Gasteiger partial charge in [0.25, 0.3) is 0 Å². The Bertz CT molecular complexity index is 3880. The number of hydrogen-bond acceptors (Lipinski definition) is 4. The molecule has 4 aromatic heterocycles. The Labute approximate surface area is 362 Å². The smallest absolute Gasteiger partial charge is 0.149 e. The summed E-state index contributed by atoms with van der Waals surface area (Å²) in [4.78, 5) is 21.9. The van der Waals surface area contributed by atoms with Crippen LogP contribution in [0.25, 0.3) is 99.3 Å². The molecule has 6 heteroatoms. The van der Waals surface area contributed by atoms with E-state index in [4.69, 9.17) is 19.9 Å².